The maximum atomic E-state index is 10.5. The number of carboxylic acids is 1. The van der Waals surface area contributed by atoms with E-state index in [1.165, 1.54) is 13.3 Å². The van der Waals surface area contributed by atoms with Crippen LogP contribution in [0.15, 0.2) is 6.20 Å². The summed E-state index contributed by atoms with van der Waals surface area (Å²) in [6.45, 7) is 0. The lowest BCUT2D eigenvalue weighted by Crippen LogP contribution is -2.03. The van der Waals surface area contributed by atoms with Gasteiger partial charge in [0.25, 0.3) is 0 Å². The molecule has 4 nitrogen and oxygen atoms in total. The molecule has 76 valence electrons. The number of methoxy groups -OCH3 is 1. The number of nitrogens with zero attached hydrogens (tertiary/aromatic N) is 1. The fourth-order valence-electron chi connectivity index (χ4n) is 0.939. The second-order valence-corrected chi connectivity index (χ2v) is 3.26. The minimum atomic E-state index is -1.01. The zero-order chi connectivity index (χ0) is 10.7. The predicted octanol–water partition coefficient (Wildman–Crippen LogP) is 2.02. The van der Waals surface area contributed by atoms with Gasteiger partial charge in [0.1, 0.15) is 5.02 Å². The summed E-state index contributed by atoms with van der Waals surface area (Å²) in [7, 11) is 1.40. The van der Waals surface area contributed by atoms with Crippen molar-refractivity contribution in [2.45, 2.75) is 6.42 Å². The average molecular weight is 236 g/mol. The number of carboxylic acid groups (broad SMARTS) is 1. The number of aromatic nitrogens is 1. The summed E-state index contributed by atoms with van der Waals surface area (Å²) >= 11 is 11.6. The number of aliphatic carboxylic acids is 1. The molecular weight excluding hydrogens is 229 g/mol. The van der Waals surface area contributed by atoms with Crippen LogP contribution in [-0.4, -0.2) is 23.2 Å². The largest absolute Gasteiger partial charge is 0.481 e. The van der Waals surface area contributed by atoms with E-state index in [4.69, 9.17) is 33.0 Å². The van der Waals surface area contributed by atoms with Crippen LogP contribution in [0.2, 0.25) is 10.0 Å². The van der Waals surface area contributed by atoms with Crippen molar-refractivity contribution < 1.29 is 14.6 Å². The number of hydrogen-bond donors (Lipinski definition) is 1. The quantitative estimate of drug-likeness (QED) is 0.872. The van der Waals surface area contributed by atoms with Gasteiger partial charge in [0.15, 0.2) is 0 Å². The summed E-state index contributed by atoms with van der Waals surface area (Å²) in [5.74, 6) is -0.839. The highest BCUT2D eigenvalue weighted by Gasteiger charge is 2.15. The Labute approximate surface area is 90.4 Å². The van der Waals surface area contributed by atoms with Crippen molar-refractivity contribution in [1.29, 1.82) is 0 Å². The number of ether oxygens (including phenoxy) is 1. The summed E-state index contributed by atoms with van der Waals surface area (Å²) in [5, 5.41) is 8.96. The van der Waals surface area contributed by atoms with E-state index in [1.807, 2.05) is 0 Å². The van der Waals surface area contributed by atoms with E-state index in [0.717, 1.165) is 0 Å². The molecule has 1 aromatic rings. The lowest BCUT2D eigenvalue weighted by molar-refractivity contribution is -0.136. The fourth-order valence-corrected chi connectivity index (χ4v) is 1.49. The van der Waals surface area contributed by atoms with Gasteiger partial charge in [-0.15, -0.1) is 0 Å². The molecule has 0 saturated heterocycles. The highest BCUT2D eigenvalue weighted by molar-refractivity contribution is 6.36. The zero-order valence-electron chi connectivity index (χ0n) is 7.25. The van der Waals surface area contributed by atoms with Gasteiger partial charge in [-0.3, -0.25) is 4.79 Å². The molecule has 0 bridgehead atoms. The third-order valence-electron chi connectivity index (χ3n) is 1.56. The molecule has 1 N–H and O–H groups in total. The maximum Gasteiger partial charge on any atom is 0.307 e. The van der Waals surface area contributed by atoms with Crippen molar-refractivity contribution in [3.05, 3.63) is 21.8 Å². The van der Waals surface area contributed by atoms with E-state index in [9.17, 15) is 4.79 Å². The Morgan fingerprint density at radius 3 is 2.79 bits per heavy atom. The first-order chi connectivity index (χ1) is 6.56. The smallest absolute Gasteiger partial charge is 0.307 e. The molecule has 1 rings (SSSR count). The van der Waals surface area contributed by atoms with E-state index in [-0.39, 0.29) is 22.3 Å². The zero-order valence-corrected chi connectivity index (χ0v) is 8.76. The number of halogens is 2. The molecule has 0 aromatic carbocycles. The van der Waals surface area contributed by atoms with Gasteiger partial charge in [-0.25, -0.2) is 4.98 Å². The monoisotopic (exact) mass is 235 g/mol. The van der Waals surface area contributed by atoms with Crippen LogP contribution in [0.3, 0.4) is 0 Å². The molecule has 0 aliphatic heterocycles. The van der Waals surface area contributed by atoms with E-state index in [0.29, 0.717) is 5.56 Å². The van der Waals surface area contributed by atoms with Crippen molar-refractivity contribution >= 4 is 29.2 Å². The van der Waals surface area contributed by atoms with Crippen molar-refractivity contribution in [1.82, 2.24) is 4.98 Å². The van der Waals surface area contributed by atoms with Crippen LogP contribution in [0, 0.1) is 0 Å². The van der Waals surface area contributed by atoms with Crippen molar-refractivity contribution in [3.8, 4) is 5.88 Å². The van der Waals surface area contributed by atoms with Crippen LogP contribution in [0.25, 0.3) is 0 Å². The first kappa shape index (κ1) is 11.1. The summed E-state index contributed by atoms with van der Waals surface area (Å²) in [6, 6.07) is 0. The first-order valence-corrected chi connectivity index (χ1v) is 4.40. The Morgan fingerprint density at radius 2 is 2.29 bits per heavy atom. The predicted molar refractivity (Wildman–Crippen MR) is 52.1 cm³/mol. The molecule has 0 radical (unpaired) electrons. The Kier molecular flexibility index (Phi) is 3.55. The van der Waals surface area contributed by atoms with Crippen LogP contribution in [0.5, 0.6) is 5.88 Å². The maximum absolute atomic E-state index is 10.5. The third kappa shape index (κ3) is 2.27. The Hall–Kier alpha value is -1.00. The number of pyridine rings is 1. The molecule has 0 atom stereocenters. The van der Waals surface area contributed by atoms with Crippen molar-refractivity contribution in [3.63, 3.8) is 0 Å². The lowest BCUT2D eigenvalue weighted by atomic mass is 10.2. The van der Waals surface area contributed by atoms with Gasteiger partial charge in [-0.05, 0) is 0 Å². The Balaban J connectivity index is 3.18. The SMILES string of the molecule is COc1ncc(Cl)c(CC(=O)O)c1Cl. The number of carbonyl (C=O) groups is 1. The normalized spacial score (nSPS) is 9.93. The second kappa shape index (κ2) is 4.48. The van der Waals surface area contributed by atoms with E-state index in [1.54, 1.807) is 0 Å². The average Bonchev–Trinajstić information content (AvgIpc) is 2.12. The molecule has 0 saturated carbocycles. The van der Waals surface area contributed by atoms with Gasteiger partial charge in [0, 0.05) is 11.8 Å². The third-order valence-corrected chi connectivity index (χ3v) is 2.27. The highest BCUT2D eigenvalue weighted by atomic mass is 35.5. The van der Waals surface area contributed by atoms with Crippen LogP contribution < -0.4 is 4.74 Å². The molecular formula is C8H7Cl2NO3. The molecule has 0 unspecified atom stereocenters. The summed E-state index contributed by atoms with van der Waals surface area (Å²) < 4.78 is 4.83. The minimum absolute atomic E-state index is 0.141. The summed E-state index contributed by atoms with van der Waals surface area (Å²) in [5.41, 5.74) is 0.313. The van der Waals surface area contributed by atoms with Gasteiger partial charge < -0.3 is 9.84 Å². The first-order valence-electron chi connectivity index (χ1n) is 3.65. The standard InChI is InChI=1S/C8H7Cl2NO3/c1-14-8-7(10)4(2-6(12)13)5(9)3-11-8/h3H,2H2,1H3,(H,12,13). The van der Waals surface area contributed by atoms with Crippen LogP contribution in [0.4, 0.5) is 0 Å². The van der Waals surface area contributed by atoms with E-state index < -0.39 is 5.97 Å². The molecule has 0 aliphatic carbocycles. The molecule has 1 aromatic heterocycles. The van der Waals surface area contributed by atoms with Crippen LogP contribution in [-0.2, 0) is 11.2 Å². The van der Waals surface area contributed by atoms with Crippen LogP contribution in [0.1, 0.15) is 5.56 Å². The van der Waals surface area contributed by atoms with E-state index >= 15 is 0 Å². The van der Waals surface area contributed by atoms with Gasteiger partial charge in [0.2, 0.25) is 5.88 Å². The van der Waals surface area contributed by atoms with E-state index in [2.05, 4.69) is 4.98 Å². The topological polar surface area (TPSA) is 59.4 Å². The highest BCUT2D eigenvalue weighted by Crippen LogP contribution is 2.31. The van der Waals surface area contributed by atoms with Gasteiger partial charge in [-0.2, -0.15) is 0 Å². The molecule has 14 heavy (non-hydrogen) atoms. The number of rotatable bonds is 3. The second-order valence-electron chi connectivity index (χ2n) is 2.48. The molecule has 6 heteroatoms. The van der Waals surface area contributed by atoms with Gasteiger partial charge in [-0.1, -0.05) is 23.2 Å². The van der Waals surface area contributed by atoms with Gasteiger partial charge in [0.05, 0.1) is 18.6 Å². The fraction of sp³-hybridized carbons (Fsp3) is 0.250. The molecule has 0 amide bonds. The Morgan fingerprint density at radius 1 is 1.64 bits per heavy atom. The molecule has 0 aliphatic rings. The van der Waals surface area contributed by atoms with Crippen molar-refractivity contribution in [2.75, 3.05) is 7.11 Å². The van der Waals surface area contributed by atoms with Crippen molar-refractivity contribution in [2.24, 2.45) is 0 Å². The van der Waals surface area contributed by atoms with Crippen LogP contribution >= 0.6 is 23.2 Å². The summed E-state index contributed by atoms with van der Waals surface area (Å²) in [6.07, 6.45) is 1.06. The number of hydrogen-bond acceptors (Lipinski definition) is 3. The minimum Gasteiger partial charge on any atom is -0.481 e. The molecule has 0 fully saturated rings. The summed E-state index contributed by atoms with van der Waals surface area (Å²) in [4.78, 5) is 14.3. The molecule has 0 spiro atoms. The molecule has 1 heterocycles. The lowest BCUT2D eigenvalue weighted by Gasteiger charge is -2.07. The van der Waals surface area contributed by atoms with Gasteiger partial charge >= 0.3 is 5.97 Å². The Bertz CT molecular complexity index is 368.